The summed E-state index contributed by atoms with van der Waals surface area (Å²) in [4.78, 5) is 11.4. The van der Waals surface area contributed by atoms with Crippen LogP contribution in [-0.2, 0) is 21.8 Å². The molecule has 9 heteroatoms. The van der Waals surface area contributed by atoms with Gasteiger partial charge in [0.2, 0.25) is 5.76 Å². The van der Waals surface area contributed by atoms with Gasteiger partial charge in [0.1, 0.15) is 5.58 Å². The number of nitrogens with zero attached hydrogens (tertiary/aromatic N) is 2. The fraction of sp³-hybridized carbons (Fsp3) is 0.143. The first-order chi connectivity index (χ1) is 10.9. The van der Waals surface area contributed by atoms with Gasteiger partial charge in [0.25, 0.3) is 10.0 Å². The van der Waals surface area contributed by atoms with Crippen molar-refractivity contribution in [2.75, 3.05) is 11.8 Å². The molecule has 0 saturated heterocycles. The number of hydrogen-bond donors (Lipinski definition) is 1. The number of sulfonamides is 1. The Hall–Kier alpha value is -2.81. The number of esters is 1. The summed E-state index contributed by atoms with van der Waals surface area (Å²) in [6.45, 7) is 0. The molecule has 8 nitrogen and oxygen atoms in total. The highest BCUT2D eigenvalue weighted by Crippen LogP contribution is 2.24. The zero-order valence-electron chi connectivity index (χ0n) is 12.3. The highest BCUT2D eigenvalue weighted by molar-refractivity contribution is 7.92. The van der Waals surface area contributed by atoms with E-state index in [1.807, 2.05) is 0 Å². The van der Waals surface area contributed by atoms with Gasteiger partial charge in [-0.1, -0.05) is 0 Å². The average Bonchev–Trinajstić information content (AvgIpc) is 3.12. The van der Waals surface area contributed by atoms with E-state index in [0.717, 1.165) is 0 Å². The lowest BCUT2D eigenvalue weighted by Crippen LogP contribution is -2.13. The van der Waals surface area contributed by atoms with Crippen molar-refractivity contribution in [1.29, 1.82) is 0 Å². The molecule has 0 spiro atoms. The molecule has 1 N–H and O–H groups in total. The van der Waals surface area contributed by atoms with E-state index in [-0.39, 0.29) is 10.8 Å². The summed E-state index contributed by atoms with van der Waals surface area (Å²) in [6, 6.07) is 7.62. The monoisotopic (exact) mass is 335 g/mol. The third-order valence-corrected chi connectivity index (χ3v) is 4.40. The molecule has 0 atom stereocenters. The molecule has 0 aliphatic carbocycles. The molecular weight excluding hydrogens is 322 g/mol. The zero-order valence-corrected chi connectivity index (χ0v) is 13.1. The fourth-order valence-corrected chi connectivity index (χ4v) is 3.06. The van der Waals surface area contributed by atoms with Gasteiger partial charge in [0.15, 0.2) is 5.03 Å². The molecule has 3 aromatic rings. The summed E-state index contributed by atoms with van der Waals surface area (Å²) < 4.78 is 38.2. The third-order valence-electron chi connectivity index (χ3n) is 3.12. The Morgan fingerprint density at radius 2 is 2.09 bits per heavy atom. The van der Waals surface area contributed by atoms with Crippen LogP contribution in [0.2, 0.25) is 0 Å². The quantitative estimate of drug-likeness (QED) is 0.729. The predicted molar refractivity (Wildman–Crippen MR) is 81.6 cm³/mol. The Morgan fingerprint density at radius 3 is 2.74 bits per heavy atom. The molecule has 3 rings (SSSR count). The van der Waals surface area contributed by atoms with Crippen molar-refractivity contribution in [3.8, 4) is 0 Å². The first-order valence-corrected chi connectivity index (χ1v) is 8.02. The Labute approximate surface area is 131 Å². The van der Waals surface area contributed by atoms with E-state index in [1.165, 1.54) is 36.2 Å². The third kappa shape index (κ3) is 2.90. The van der Waals surface area contributed by atoms with E-state index < -0.39 is 16.0 Å². The summed E-state index contributed by atoms with van der Waals surface area (Å²) in [7, 11) is -0.911. The minimum absolute atomic E-state index is 0.0484. The standard InChI is InChI=1S/C14H13N3O5S/c1-17-6-5-13(15-17)23(19,20)16-10-4-3-9-7-12(14(18)21-2)22-11(9)8-10/h3-8,16H,1-2H3. The lowest BCUT2D eigenvalue weighted by Gasteiger charge is -2.05. The van der Waals surface area contributed by atoms with E-state index in [2.05, 4.69) is 14.6 Å². The Morgan fingerprint density at radius 1 is 1.30 bits per heavy atom. The Kier molecular flexibility index (Phi) is 3.57. The molecule has 1 aromatic carbocycles. The number of anilines is 1. The van der Waals surface area contributed by atoms with Crippen LogP contribution in [0.25, 0.3) is 11.0 Å². The molecule has 0 fully saturated rings. The summed E-state index contributed by atoms with van der Waals surface area (Å²) in [6.07, 6.45) is 1.53. The largest absolute Gasteiger partial charge is 0.463 e. The van der Waals surface area contributed by atoms with Crippen molar-refractivity contribution in [3.05, 3.63) is 42.3 Å². The Bertz CT molecular complexity index is 987. The van der Waals surface area contributed by atoms with E-state index in [9.17, 15) is 13.2 Å². The number of hydrogen-bond acceptors (Lipinski definition) is 6. The summed E-state index contributed by atoms with van der Waals surface area (Å²) in [5.74, 6) is -0.552. The zero-order chi connectivity index (χ0) is 16.6. The number of benzene rings is 1. The molecule has 2 heterocycles. The second-order valence-corrected chi connectivity index (χ2v) is 6.42. The van der Waals surface area contributed by atoms with Crippen LogP contribution < -0.4 is 4.72 Å². The van der Waals surface area contributed by atoms with Gasteiger partial charge in [-0.15, -0.1) is 0 Å². The smallest absolute Gasteiger partial charge is 0.373 e. The van der Waals surface area contributed by atoms with Crippen LogP contribution in [0.4, 0.5) is 5.69 Å². The van der Waals surface area contributed by atoms with Gasteiger partial charge in [0.05, 0.1) is 12.8 Å². The van der Waals surface area contributed by atoms with Gasteiger partial charge >= 0.3 is 5.97 Å². The van der Waals surface area contributed by atoms with Gasteiger partial charge in [-0.3, -0.25) is 9.40 Å². The SMILES string of the molecule is COC(=O)c1cc2ccc(NS(=O)(=O)c3ccn(C)n3)cc2o1. The lowest BCUT2D eigenvalue weighted by molar-refractivity contribution is 0.0567. The maximum Gasteiger partial charge on any atom is 0.373 e. The molecule has 0 saturated carbocycles. The second kappa shape index (κ2) is 5.43. The van der Waals surface area contributed by atoms with E-state index >= 15 is 0 Å². The van der Waals surface area contributed by atoms with Crippen molar-refractivity contribution in [3.63, 3.8) is 0 Å². The number of ether oxygens (including phenoxy) is 1. The number of methoxy groups -OCH3 is 1. The minimum Gasteiger partial charge on any atom is -0.463 e. The van der Waals surface area contributed by atoms with E-state index in [4.69, 9.17) is 4.42 Å². The normalized spacial score (nSPS) is 11.6. The van der Waals surface area contributed by atoms with Crippen molar-refractivity contribution in [1.82, 2.24) is 9.78 Å². The second-order valence-electron chi connectivity index (χ2n) is 4.79. The summed E-state index contributed by atoms with van der Waals surface area (Å²) in [5, 5.41) is 4.43. The van der Waals surface area contributed by atoms with Crippen LogP contribution in [0.1, 0.15) is 10.6 Å². The molecule has 0 bridgehead atoms. The molecular formula is C14H13N3O5S. The number of aryl methyl sites for hydroxylation is 1. The van der Waals surface area contributed by atoms with Gasteiger partial charge in [0, 0.05) is 24.7 Å². The van der Waals surface area contributed by atoms with Crippen LogP contribution in [0, 0.1) is 0 Å². The van der Waals surface area contributed by atoms with Crippen LogP contribution in [0.3, 0.4) is 0 Å². The van der Waals surface area contributed by atoms with Gasteiger partial charge < -0.3 is 9.15 Å². The highest BCUT2D eigenvalue weighted by Gasteiger charge is 2.18. The summed E-state index contributed by atoms with van der Waals surface area (Å²) >= 11 is 0. The number of fused-ring (bicyclic) bond motifs is 1. The first kappa shape index (κ1) is 15.1. The molecule has 0 amide bonds. The van der Waals surface area contributed by atoms with Crippen molar-refractivity contribution in [2.24, 2.45) is 7.05 Å². The van der Waals surface area contributed by atoms with E-state index in [0.29, 0.717) is 16.7 Å². The van der Waals surface area contributed by atoms with Crippen molar-refractivity contribution >= 4 is 32.6 Å². The number of rotatable bonds is 4. The topological polar surface area (TPSA) is 103 Å². The summed E-state index contributed by atoms with van der Waals surface area (Å²) in [5.41, 5.74) is 0.667. The van der Waals surface area contributed by atoms with Gasteiger partial charge in [-0.05, 0) is 24.3 Å². The average molecular weight is 335 g/mol. The molecule has 2 aromatic heterocycles. The van der Waals surface area contributed by atoms with Crippen LogP contribution >= 0.6 is 0 Å². The molecule has 0 aliphatic heterocycles. The molecule has 0 radical (unpaired) electrons. The molecule has 0 aliphatic rings. The number of nitrogens with one attached hydrogen (secondary N) is 1. The van der Waals surface area contributed by atoms with Crippen LogP contribution in [0.15, 0.2) is 46.0 Å². The molecule has 23 heavy (non-hydrogen) atoms. The number of carbonyl (C=O) groups excluding carboxylic acids is 1. The first-order valence-electron chi connectivity index (χ1n) is 6.53. The number of aromatic nitrogens is 2. The highest BCUT2D eigenvalue weighted by atomic mass is 32.2. The minimum atomic E-state index is -3.79. The molecule has 120 valence electrons. The predicted octanol–water partition coefficient (Wildman–Crippen LogP) is 1.75. The van der Waals surface area contributed by atoms with Crippen molar-refractivity contribution < 1.29 is 22.4 Å². The van der Waals surface area contributed by atoms with E-state index in [1.54, 1.807) is 19.2 Å². The van der Waals surface area contributed by atoms with Crippen LogP contribution in [0.5, 0.6) is 0 Å². The maximum atomic E-state index is 12.2. The molecule has 0 unspecified atom stereocenters. The fourth-order valence-electron chi connectivity index (χ4n) is 2.04. The Balaban J connectivity index is 1.93. The van der Waals surface area contributed by atoms with Gasteiger partial charge in [-0.2, -0.15) is 13.5 Å². The number of carbonyl (C=O) groups is 1. The number of furan rings is 1. The lowest BCUT2D eigenvalue weighted by atomic mass is 10.2. The van der Waals surface area contributed by atoms with Gasteiger partial charge in [-0.25, -0.2) is 4.79 Å². The van der Waals surface area contributed by atoms with Crippen molar-refractivity contribution in [2.45, 2.75) is 5.03 Å². The maximum absolute atomic E-state index is 12.2. The van der Waals surface area contributed by atoms with Crippen LogP contribution in [-0.4, -0.2) is 31.3 Å².